The van der Waals surface area contributed by atoms with E-state index >= 15 is 0 Å². The third-order valence-electron chi connectivity index (χ3n) is 2.53. The lowest BCUT2D eigenvalue weighted by atomic mass is 9.90. The first-order valence-corrected chi connectivity index (χ1v) is 3.54. The molecule has 0 amide bonds. The molecule has 52 valence electrons. The van der Waals surface area contributed by atoms with Crippen LogP contribution in [0.1, 0.15) is 26.7 Å². The van der Waals surface area contributed by atoms with E-state index in [4.69, 9.17) is 5.73 Å². The molecule has 0 aromatic carbocycles. The minimum absolute atomic E-state index is 0.333. The van der Waals surface area contributed by atoms with Gasteiger partial charge in [0.1, 0.15) is 0 Å². The highest BCUT2D eigenvalue weighted by Gasteiger charge is 2.46. The van der Waals surface area contributed by atoms with E-state index in [0.29, 0.717) is 11.3 Å². The van der Waals surface area contributed by atoms with Crippen molar-refractivity contribution in [2.45, 2.75) is 26.7 Å². The van der Waals surface area contributed by atoms with E-state index < -0.39 is 0 Å². The van der Waals surface area contributed by atoms with Crippen LogP contribution in [-0.4, -0.2) is 0 Å². The molecule has 0 radical (unpaired) electrons. The average Bonchev–Trinajstić information content (AvgIpc) is 2.40. The minimum Gasteiger partial charge on any atom is -0.402 e. The van der Waals surface area contributed by atoms with Crippen LogP contribution in [0.5, 0.6) is 0 Å². The second-order valence-corrected chi connectivity index (χ2v) is 3.34. The van der Waals surface area contributed by atoms with E-state index in [-0.39, 0.29) is 0 Å². The summed E-state index contributed by atoms with van der Waals surface area (Å²) >= 11 is 0. The molecule has 1 heteroatoms. The van der Waals surface area contributed by atoms with Crippen molar-refractivity contribution in [3.63, 3.8) is 0 Å². The summed E-state index contributed by atoms with van der Waals surface area (Å²) in [6, 6.07) is 0. The Morgan fingerprint density at radius 2 is 2.00 bits per heavy atom. The number of hydrogen-bond donors (Lipinski definition) is 1. The van der Waals surface area contributed by atoms with Gasteiger partial charge in [-0.2, -0.15) is 0 Å². The standard InChI is InChI=1S/C8H15N/c1-6(2)8(4-5-8)7(3)9/h6H,3-5,9H2,1-2H3. The molecule has 9 heavy (non-hydrogen) atoms. The van der Waals surface area contributed by atoms with Crippen molar-refractivity contribution in [1.29, 1.82) is 0 Å². The van der Waals surface area contributed by atoms with Crippen LogP contribution < -0.4 is 5.73 Å². The van der Waals surface area contributed by atoms with Gasteiger partial charge in [-0.05, 0) is 18.8 Å². The highest BCUT2D eigenvalue weighted by Crippen LogP contribution is 2.55. The Morgan fingerprint density at radius 1 is 1.56 bits per heavy atom. The van der Waals surface area contributed by atoms with Crippen LogP contribution >= 0.6 is 0 Å². The van der Waals surface area contributed by atoms with Crippen LogP contribution in [0, 0.1) is 11.3 Å². The van der Waals surface area contributed by atoms with Gasteiger partial charge >= 0.3 is 0 Å². The van der Waals surface area contributed by atoms with Gasteiger partial charge in [-0.3, -0.25) is 0 Å². The third-order valence-corrected chi connectivity index (χ3v) is 2.53. The molecule has 1 fully saturated rings. The lowest BCUT2D eigenvalue weighted by Crippen LogP contribution is -2.17. The maximum Gasteiger partial charge on any atom is 0.0116 e. The minimum atomic E-state index is 0.333. The molecule has 0 unspecified atom stereocenters. The Labute approximate surface area is 56.9 Å². The van der Waals surface area contributed by atoms with E-state index in [0.717, 1.165) is 5.70 Å². The third kappa shape index (κ3) is 0.846. The van der Waals surface area contributed by atoms with E-state index in [9.17, 15) is 0 Å². The molecule has 0 heterocycles. The lowest BCUT2D eigenvalue weighted by Gasteiger charge is -2.18. The highest BCUT2D eigenvalue weighted by molar-refractivity contribution is 5.16. The zero-order valence-electron chi connectivity index (χ0n) is 6.28. The molecule has 0 aromatic rings. The van der Waals surface area contributed by atoms with Gasteiger partial charge in [-0.15, -0.1) is 0 Å². The molecule has 0 atom stereocenters. The molecular formula is C8H15N. The Hall–Kier alpha value is -0.460. The van der Waals surface area contributed by atoms with Gasteiger partial charge in [-0.1, -0.05) is 20.4 Å². The number of hydrogen-bond acceptors (Lipinski definition) is 1. The smallest absolute Gasteiger partial charge is 0.0116 e. The largest absolute Gasteiger partial charge is 0.402 e. The first kappa shape index (κ1) is 6.66. The molecule has 1 rings (SSSR count). The van der Waals surface area contributed by atoms with Crippen LogP contribution in [0.2, 0.25) is 0 Å². The predicted molar refractivity (Wildman–Crippen MR) is 39.8 cm³/mol. The van der Waals surface area contributed by atoms with E-state index in [2.05, 4.69) is 20.4 Å². The molecule has 1 aliphatic carbocycles. The first-order valence-electron chi connectivity index (χ1n) is 3.54. The number of allylic oxidation sites excluding steroid dienone is 1. The molecule has 0 aliphatic heterocycles. The van der Waals surface area contributed by atoms with Crippen molar-refractivity contribution in [3.05, 3.63) is 12.3 Å². The highest BCUT2D eigenvalue weighted by atomic mass is 14.7. The Bertz CT molecular complexity index is 132. The second-order valence-electron chi connectivity index (χ2n) is 3.34. The van der Waals surface area contributed by atoms with Crippen LogP contribution in [0.3, 0.4) is 0 Å². The lowest BCUT2D eigenvalue weighted by molar-refractivity contribution is 0.420. The van der Waals surface area contributed by atoms with Gasteiger partial charge in [0.25, 0.3) is 0 Å². The number of rotatable bonds is 2. The van der Waals surface area contributed by atoms with Crippen molar-refractivity contribution in [2.24, 2.45) is 17.1 Å². The van der Waals surface area contributed by atoms with Gasteiger partial charge < -0.3 is 5.73 Å². The van der Waals surface area contributed by atoms with Crippen molar-refractivity contribution in [2.75, 3.05) is 0 Å². The fourth-order valence-corrected chi connectivity index (χ4v) is 1.40. The zero-order chi connectivity index (χ0) is 7.07. The van der Waals surface area contributed by atoms with E-state index in [1.54, 1.807) is 0 Å². The summed E-state index contributed by atoms with van der Waals surface area (Å²) in [5, 5.41) is 0. The van der Waals surface area contributed by atoms with Gasteiger partial charge in [0.2, 0.25) is 0 Å². The summed E-state index contributed by atoms with van der Waals surface area (Å²) in [7, 11) is 0. The van der Waals surface area contributed by atoms with Crippen LogP contribution in [0.25, 0.3) is 0 Å². The van der Waals surface area contributed by atoms with Crippen LogP contribution in [0.15, 0.2) is 12.3 Å². The quantitative estimate of drug-likeness (QED) is 0.599. The molecule has 0 saturated heterocycles. The molecular weight excluding hydrogens is 110 g/mol. The molecule has 0 spiro atoms. The summed E-state index contributed by atoms with van der Waals surface area (Å²) in [5.41, 5.74) is 6.86. The van der Waals surface area contributed by atoms with E-state index in [1.807, 2.05) is 0 Å². The van der Waals surface area contributed by atoms with Gasteiger partial charge in [0.05, 0.1) is 0 Å². The maximum absolute atomic E-state index is 5.64. The summed E-state index contributed by atoms with van der Waals surface area (Å²) < 4.78 is 0. The molecule has 1 aliphatic rings. The van der Waals surface area contributed by atoms with Gasteiger partial charge in [0, 0.05) is 11.1 Å². The molecule has 1 nitrogen and oxygen atoms in total. The molecule has 0 aromatic heterocycles. The Morgan fingerprint density at radius 3 is 2.00 bits per heavy atom. The first-order chi connectivity index (χ1) is 4.09. The second kappa shape index (κ2) is 1.76. The van der Waals surface area contributed by atoms with Crippen molar-refractivity contribution >= 4 is 0 Å². The predicted octanol–water partition coefficient (Wildman–Crippen LogP) is 1.90. The van der Waals surface area contributed by atoms with Gasteiger partial charge in [-0.25, -0.2) is 0 Å². The van der Waals surface area contributed by atoms with Crippen LogP contribution in [0.4, 0.5) is 0 Å². The van der Waals surface area contributed by atoms with Gasteiger partial charge in [0.15, 0.2) is 0 Å². The average molecular weight is 125 g/mol. The SMILES string of the molecule is C=C(N)C1(C(C)C)CC1. The summed E-state index contributed by atoms with van der Waals surface area (Å²) in [5.74, 6) is 0.676. The topological polar surface area (TPSA) is 26.0 Å². The summed E-state index contributed by atoms with van der Waals surface area (Å²) in [6.45, 7) is 8.22. The van der Waals surface area contributed by atoms with Crippen molar-refractivity contribution in [1.82, 2.24) is 0 Å². The molecule has 0 bridgehead atoms. The van der Waals surface area contributed by atoms with Crippen molar-refractivity contribution < 1.29 is 0 Å². The monoisotopic (exact) mass is 125 g/mol. The molecule has 2 N–H and O–H groups in total. The fourth-order valence-electron chi connectivity index (χ4n) is 1.40. The maximum atomic E-state index is 5.64. The van der Waals surface area contributed by atoms with Crippen molar-refractivity contribution in [3.8, 4) is 0 Å². The summed E-state index contributed by atoms with van der Waals surface area (Å²) in [4.78, 5) is 0. The van der Waals surface area contributed by atoms with Crippen LogP contribution in [-0.2, 0) is 0 Å². The molecule has 1 saturated carbocycles. The summed E-state index contributed by atoms with van der Waals surface area (Å²) in [6.07, 6.45) is 2.50. The normalized spacial score (nSPS) is 22.1. The fraction of sp³-hybridized carbons (Fsp3) is 0.750. The zero-order valence-corrected chi connectivity index (χ0v) is 6.28. The van der Waals surface area contributed by atoms with E-state index in [1.165, 1.54) is 12.8 Å². The Balaban J connectivity index is 2.63. The number of nitrogens with two attached hydrogens (primary N) is 1. The Kier molecular flexibility index (Phi) is 1.30.